The van der Waals surface area contributed by atoms with Gasteiger partial charge in [-0.2, -0.15) is 0 Å². The van der Waals surface area contributed by atoms with Gasteiger partial charge in [-0.05, 0) is 77.6 Å². The van der Waals surface area contributed by atoms with E-state index in [9.17, 15) is 9.59 Å². The SMILES string of the molecule is COc1c(NC(=O)Nc2ccc(-c3ccc(CN4CCOCC4)cc3)c3ccccc23)cc(C(C)(C)C)cc1NC(=O)OC(C)C1CCCN1. The maximum atomic E-state index is 13.6. The number of methoxy groups -OCH3 is 1. The monoisotopic (exact) mass is 679 g/mol. The van der Waals surface area contributed by atoms with Gasteiger partial charge in [-0.25, -0.2) is 9.59 Å². The molecule has 4 aromatic rings. The van der Waals surface area contributed by atoms with Gasteiger partial charge in [0.2, 0.25) is 0 Å². The molecule has 0 aliphatic carbocycles. The number of carbonyl (C=O) groups excluding carboxylic acids is 2. The lowest BCUT2D eigenvalue weighted by Gasteiger charge is -2.26. The van der Waals surface area contributed by atoms with Crippen LogP contribution < -0.4 is 26.0 Å². The molecule has 264 valence electrons. The molecule has 50 heavy (non-hydrogen) atoms. The average Bonchev–Trinajstić information content (AvgIpc) is 3.65. The number of amides is 3. The minimum absolute atomic E-state index is 0.126. The summed E-state index contributed by atoms with van der Waals surface area (Å²) >= 11 is 0. The zero-order valence-electron chi connectivity index (χ0n) is 29.7. The molecule has 0 aromatic heterocycles. The minimum atomic E-state index is -0.579. The predicted molar refractivity (Wildman–Crippen MR) is 200 cm³/mol. The second-order valence-electron chi connectivity index (χ2n) is 14.2. The number of nitrogens with one attached hydrogen (secondary N) is 4. The highest BCUT2D eigenvalue weighted by molar-refractivity contribution is 6.10. The molecule has 3 amide bonds. The maximum Gasteiger partial charge on any atom is 0.412 e. The van der Waals surface area contributed by atoms with Gasteiger partial charge in [-0.3, -0.25) is 10.2 Å². The summed E-state index contributed by atoms with van der Waals surface area (Å²) in [5, 5.41) is 14.2. The second-order valence-corrected chi connectivity index (χ2v) is 14.2. The average molecular weight is 680 g/mol. The standard InChI is InChI=1S/C40H49N5O5/c1-26(33-11-8-18-41-33)50-39(47)44-36-24-29(40(2,3)4)23-35(37(36)48-5)43-38(46)42-34-17-16-30(31-9-6-7-10-32(31)34)28-14-12-27(13-15-28)25-45-19-21-49-22-20-45/h6-7,9-10,12-17,23-24,26,33,41H,8,11,18-22,25H2,1-5H3,(H,44,47)(H2,42,43,46). The molecular weight excluding hydrogens is 630 g/mol. The van der Waals surface area contributed by atoms with Crippen LogP contribution in [0.2, 0.25) is 0 Å². The Morgan fingerprint density at radius 1 is 0.920 bits per heavy atom. The Bertz CT molecular complexity index is 1810. The lowest BCUT2D eigenvalue weighted by molar-refractivity contribution is 0.0342. The topological polar surface area (TPSA) is 113 Å². The third kappa shape index (κ3) is 8.38. The van der Waals surface area contributed by atoms with Crippen molar-refractivity contribution < 1.29 is 23.8 Å². The van der Waals surface area contributed by atoms with Gasteiger partial charge in [0, 0.05) is 31.1 Å². The van der Waals surface area contributed by atoms with E-state index in [1.165, 1.54) is 12.7 Å². The Morgan fingerprint density at radius 3 is 2.26 bits per heavy atom. The number of hydrogen-bond donors (Lipinski definition) is 4. The van der Waals surface area contributed by atoms with E-state index in [4.69, 9.17) is 14.2 Å². The van der Waals surface area contributed by atoms with E-state index in [1.807, 2.05) is 49.4 Å². The molecule has 10 nitrogen and oxygen atoms in total. The van der Waals surface area contributed by atoms with E-state index in [2.05, 4.69) is 77.3 Å². The Morgan fingerprint density at radius 2 is 1.60 bits per heavy atom. The van der Waals surface area contributed by atoms with Gasteiger partial charge in [0.25, 0.3) is 0 Å². The van der Waals surface area contributed by atoms with Gasteiger partial charge < -0.3 is 30.2 Å². The number of rotatable bonds is 9. The summed E-state index contributed by atoms with van der Waals surface area (Å²) < 4.78 is 17.0. The van der Waals surface area contributed by atoms with Gasteiger partial charge in [-0.15, -0.1) is 0 Å². The van der Waals surface area contributed by atoms with Crippen LogP contribution in [0.4, 0.5) is 26.7 Å². The minimum Gasteiger partial charge on any atom is -0.492 e. The summed E-state index contributed by atoms with van der Waals surface area (Å²) in [6.07, 6.45) is 1.15. The molecule has 2 saturated heterocycles. The molecule has 2 fully saturated rings. The lowest BCUT2D eigenvalue weighted by Crippen LogP contribution is -2.37. The highest BCUT2D eigenvalue weighted by atomic mass is 16.6. The van der Waals surface area contributed by atoms with E-state index < -0.39 is 12.1 Å². The van der Waals surface area contributed by atoms with Crippen LogP contribution in [-0.2, 0) is 21.4 Å². The number of hydrogen-bond acceptors (Lipinski definition) is 7. The first kappa shape index (κ1) is 35.2. The van der Waals surface area contributed by atoms with Crippen molar-refractivity contribution in [3.63, 3.8) is 0 Å². The Hall–Kier alpha value is -4.64. The summed E-state index contributed by atoms with van der Waals surface area (Å²) in [6.45, 7) is 13.4. The number of carbonyl (C=O) groups is 2. The highest BCUT2D eigenvalue weighted by Crippen LogP contribution is 2.39. The van der Waals surface area contributed by atoms with Crippen molar-refractivity contribution in [1.29, 1.82) is 0 Å². The first-order chi connectivity index (χ1) is 24.1. The smallest absolute Gasteiger partial charge is 0.412 e. The molecular formula is C40H49N5O5. The Labute approximate surface area is 294 Å². The van der Waals surface area contributed by atoms with Crippen molar-refractivity contribution in [3.8, 4) is 16.9 Å². The fourth-order valence-corrected chi connectivity index (χ4v) is 6.71. The Balaban J connectivity index is 1.21. The van der Waals surface area contributed by atoms with Gasteiger partial charge in [0.1, 0.15) is 6.10 Å². The van der Waals surface area contributed by atoms with Crippen LogP contribution in [0.15, 0.2) is 72.8 Å². The van der Waals surface area contributed by atoms with Crippen molar-refractivity contribution >= 4 is 40.0 Å². The summed E-state index contributed by atoms with van der Waals surface area (Å²) in [7, 11) is 1.51. The van der Waals surface area contributed by atoms with Crippen LogP contribution >= 0.6 is 0 Å². The van der Waals surface area contributed by atoms with Crippen molar-refractivity contribution in [3.05, 3.63) is 83.9 Å². The first-order valence-corrected chi connectivity index (χ1v) is 17.5. The number of nitrogens with zero attached hydrogens (tertiary/aromatic N) is 1. The van der Waals surface area contributed by atoms with E-state index in [-0.39, 0.29) is 17.6 Å². The van der Waals surface area contributed by atoms with Crippen LogP contribution in [0.25, 0.3) is 21.9 Å². The van der Waals surface area contributed by atoms with E-state index in [1.54, 1.807) is 0 Å². The van der Waals surface area contributed by atoms with Crippen LogP contribution in [0.3, 0.4) is 0 Å². The molecule has 10 heteroatoms. The van der Waals surface area contributed by atoms with Gasteiger partial charge in [0.15, 0.2) is 5.75 Å². The molecule has 0 saturated carbocycles. The van der Waals surface area contributed by atoms with Crippen LogP contribution in [-0.4, -0.2) is 69.1 Å². The number of anilines is 3. The number of fused-ring (bicyclic) bond motifs is 1. The van der Waals surface area contributed by atoms with Crippen molar-refractivity contribution in [2.45, 2.75) is 64.6 Å². The summed E-state index contributed by atoms with van der Waals surface area (Å²) in [5.74, 6) is 0.328. The van der Waals surface area contributed by atoms with Crippen molar-refractivity contribution in [1.82, 2.24) is 10.2 Å². The molecule has 0 radical (unpaired) electrons. The molecule has 2 aliphatic heterocycles. The molecule has 2 unspecified atom stereocenters. The fourth-order valence-electron chi connectivity index (χ4n) is 6.71. The summed E-state index contributed by atoms with van der Waals surface area (Å²) in [6, 6.07) is 24.2. The van der Waals surface area contributed by atoms with Crippen LogP contribution in [0.1, 0.15) is 51.7 Å². The number of urea groups is 1. The van der Waals surface area contributed by atoms with E-state index in [0.717, 1.165) is 79.7 Å². The number of benzene rings is 4. The molecule has 2 atom stereocenters. The largest absolute Gasteiger partial charge is 0.492 e. The molecule has 2 aliphatic rings. The molecule has 0 bridgehead atoms. The third-order valence-electron chi connectivity index (χ3n) is 9.55. The van der Waals surface area contributed by atoms with Gasteiger partial charge >= 0.3 is 12.1 Å². The van der Waals surface area contributed by atoms with Gasteiger partial charge in [-0.1, -0.05) is 75.4 Å². The first-order valence-electron chi connectivity index (χ1n) is 17.5. The fraction of sp³-hybridized carbons (Fsp3) is 0.400. The zero-order valence-corrected chi connectivity index (χ0v) is 29.7. The number of morpholine rings is 1. The van der Waals surface area contributed by atoms with E-state index >= 15 is 0 Å². The van der Waals surface area contributed by atoms with Crippen LogP contribution in [0, 0.1) is 0 Å². The Kier molecular flexibility index (Phi) is 10.9. The van der Waals surface area contributed by atoms with Crippen LogP contribution in [0.5, 0.6) is 5.75 Å². The molecule has 2 heterocycles. The normalized spacial score (nSPS) is 17.3. The zero-order chi connectivity index (χ0) is 35.3. The quantitative estimate of drug-likeness (QED) is 0.142. The molecule has 4 aromatic carbocycles. The second kappa shape index (κ2) is 15.5. The molecule has 6 rings (SSSR count). The highest BCUT2D eigenvalue weighted by Gasteiger charge is 2.26. The third-order valence-corrected chi connectivity index (χ3v) is 9.55. The maximum absolute atomic E-state index is 13.6. The number of ether oxygens (including phenoxy) is 3. The van der Waals surface area contributed by atoms with Crippen molar-refractivity contribution in [2.24, 2.45) is 0 Å². The predicted octanol–water partition coefficient (Wildman–Crippen LogP) is 7.98. The molecule has 0 spiro atoms. The van der Waals surface area contributed by atoms with Crippen molar-refractivity contribution in [2.75, 3.05) is 55.9 Å². The molecule has 4 N–H and O–H groups in total. The summed E-state index contributed by atoms with van der Waals surface area (Å²) in [5.41, 5.74) is 5.60. The van der Waals surface area contributed by atoms with E-state index in [0.29, 0.717) is 22.8 Å². The summed E-state index contributed by atoms with van der Waals surface area (Å²) in [4.78, 5) is 29.1. The lowest BCUT2D eigenvalue weighted by atomic mass is 9.86. The van der Waals surface area contributed by atoms with Gasteiger partial charge in [0.05, 0.1) is 37.4 Å².